The van der Waals surface area contributed by atoms with Crippen LogP contribution in [0.5, 0.6) is 0 Å². The van der Waals surface area contributed by atoms with Crippen molar-refractivity contribution in [2.75, 3.05) is 30.3 Å². The van der Waals surface area contributed by atoms with E-state index in [0.717, 1.165) is 39.2 Å². The molecule has 0 fully saturated rings. The molecule has 1 atom stereocenters. The van der Waals surface area contributed by atoms with Gasteiger partial charge in [-0.3, -0.25) is 9.79 Å². The summed E-state index contributed by atoms with van der Waals surface area (Å²) in [6.07, 6.45) is 0.890. The van der Waals surface area contributed by atoms with E-state index in [2.05, 4.69) is 11.9 Å². The Morgan fingerprint density at radius 1 is 1.19 bits per heavy atom. The van der Waals surface area contributed by atoms with Crippen LogP contribution in [0.25, 0.3) is 0 Å². The maximum Gasteiger partial charge on any atom is 0.338 e. The number of hydrogen-bond donors (Lipinski definition) is 0. The van der Waals surface area contributed by atoms with Crippen molar-refractivity contribution in [1.82, 2.24) is 0 Å². The number of nitrogens with zero attached hydrogens (tertiary/aromatic N) is 2. The number of thioether (sulfide) groups is 3. The third kappa shape index (κ3) is 5.67. The van der Waals surface area contributed by atoms with Gasteiger partial charge in [0, 0.05) is 28.2 Å². The molecule has 8 heteroatoms. The normalized spacial score (nSPS) is 18.2. The van der Waals surface area contributed by atoms with Gasteiger partial charge in [0.05, 0.1) is 17.8 Å². The number of ether oxygens (including phenoxy) is 1. The van der Waals surface area contributed by atoms with Crippen molar-refractivity contribution in [2.45, 2.75) is 29.2 Å². The molecule has 4 rings (SSSR count). The third-order valence-electron chi connectivity index (χ3n) is 5.02. The van der Waals surface area contributed by atoms with Crippen molar-refractivity contribution in [3.63, 3.8) is 0 Å². The summed E-state index contributed by atoms with van der Waals surface area (Å²) in [5.74, 6) is 1.01. The van der Waals surface area contributed by atoms with Crippen LogP contribution in [0.15, 0.2) is 58.4 Å². The summed E-state index contributed by atoms with van der Waals surface area (Å²) in [6, 6.07) is 15.3. The molecular formula is C23H24N2O3S3. The van der Waals surface area contributed by atoms with E-state index >= 15 is 0 Å². The number of benzene rings is 2. The Bertz CT molecular complexity index is 996. The van der Waals surface area contributed by atoms with E-state index in [1.807, 2.05) is 42.5 Å². The van der Waals surface area contributed by atoms with Crippen molar-refractivity contribution in [3.8, 4) is 0 Å². The van der Waals surface area contributed by atoms with Crippen LogP contribution in [0.1, 0.15) is 29.3 Å². The van der Waals surface area contributed by atoms with Crippen LogP contribution >= 0.6 is 35.3 Å². The number of amides is 1. The van der Waals surface area contributed by atoms with E-state index in [1.54, 1.807) is 46.3 Å². The zero-order valence-electron chi connectivity index (χ0n) is 17.3. The number of rotatable bonds is 5. The SMILES string of the molecule is CC1CCN(C(=O)COC(=O)c2ccccc2CSC2=NCCS2)c2ccccc2S1. The van der Waals surface area contributed by atoms with Crippen molar-refractivity contribution in [2.24, 2.45) is 4.99 Å². The Kier molecular flexibility index (Phi) is 7.63. The fourth-order valence-corrected chi connectivity index (χ4v) is 6.54. The predicted molar refractivity (Wildman–Crippen MR) is 132 cm³/mol. The molecule has 2 heterocycles. The average molecular weight is 473 g/mol. The first-order chi connectivity index (χ1) is 15.1. The molecule has 0 aliphatic carbocycles. The lowest BCUT2D eigenvalue weighted by Crippen LogP contribution is -2.35. The smallest absolute Gasteiger partial charge is 0.338 e. The van der Waals surface area contributed by atoms with Gasteiger partial charge in [0.1, 0.15) is 4.38 Å². The molecule has 1 unspecified atom stereocenters. The maximum absolute atomic E-state index is 13.0. The Balaban J connectivity index is 1.40. The lowest BCUT2D eigenvalue weighted by molar-refractivity contribution is -0.121. The second-order valence-electron chi connectivity index (χ2n) is 7.25. The minimum absolute atomic E-state index is 0.195. The number of fused-ring (bicyclic) bond motifs is 1. The van der Waals surface area contributed by atoms with Crippen molar-refractivity contribution < 1.29 is 14.3 Å². The summed E-state index contributed by atoms with van der Waals surface area (Å²) >= 11 is 5.16. The summed E-state index contributed by atoms with van der Waals surface area (Å²) in [4.78, 5) is 33.0. The zero-order valence-corrected chi connectivity index (χ0v) is 19.7. The minimum atomic E-state index is -0.462. The average Bonchev–Trinajstić information content (AvgIpc) is 3.25. The van der Waals surface area contributed by atoms with Gasteiger partial charge in [0.25, 0.3) is 5.91 Å². The lowest BCUT2D eigenvalue weighted by Gasteiger charge is -2.22. The molecule has 0 aromatic heterocycles. The van der Waals surface area contributed by atoms with E-state index in [4.69, 9.17) is 4.74 Å². The molecule has 162 valence electrons. The largest absolute Gasteiger partial charge is 0.452 e. The second kappa shape index (κ2) is 10.6. The quantitative estimate of drug-likeness (QED) is 0.565. The molecule has 2 aromatic carbocycles. The molecule has 0 spiro atoms. The number of para-hydroxylation sites is 1. The number of esters is 1. The van der Waals surface area contributed by atoms with Crippen LogP contribution in [-0.2, 0) is 15.3 Å². The Morgan fingerprint density at radius 2 is 2.00 bits per heavy atom. The molecule has 0 saturated heterocycles. The van der Waals surface area contributed by atoms with E-state index in [0.29, 0.717) is 23.1 Å². The number of carbonyl (C=O) groups excluding carboxylic acids is 2. The first-order valence-corrected chi connectivity index (χ1v) is 13.1. The molecule has 2 aromatic rings. The lowest BCUT2D eigenvalue weighted by atomic mass is 10.1. The standard InChI is InChI=1S/C23H24N2O3S3/c1-16-10-12-25(19-8-4-5-9-20(19)31-16)21(26)14-28-22(27)18-7-3-2-6-17(18)15-30-23-24-11-13-29-23/h2-9,16H,10-15H2,1H3. The second-order valence-corrected chi connectivity index (χ2v) is 11.0. The van der Waals surface area contributed by atoms with Gasteiger partial charge in [0.2, 0.25) is 0 Å². The number of carbonyl (C=O) groups is 2. The Morgan fingerprint density at radius 3 is 2.84 bits per heavy atom. The van der Waals surface area contributed by atoms with Crippen molar-refractivity contribution in [3.05, 3.63) is 59.7 Å². The highest BCUT2D eigenvalue weighted by Gasteiger charge is 2.25. The molecule has 2 aliphatic heterocycles. The van der Waals surface area contributed by atoms with Gasteiger partial charge < -0.3 is 9.64 Å². The van der Waals surface area contributed by atoms with Gasteiger partial charge in [-0.25, -0.2) is 4.79 Å². The number of hydrogen-bond acceptors (Lipinski definition) is 7. The first-order valence-electron chi connectivity index (χ1n) is 10.2. The van der Waals surface area contributed by atoms with Crippen LogP contribution in [0.3, 0.4) is 0 Å². The van der Waals surface area contributed by atoms with E-state index in [1.165, 1.54) is 0 Å². The summed E-state index contributed by atoms with van der Waals surface area (Å²) < 4.78 is 6.52. The fourth-order valence-electron chi connectivity index (χ4n) is 3.42. The Labute approximate surface area is 195 Å². The topological polar surface area (TPSA) is 59.0 Å². The van der Waals surface area contributed by atoms with Gasteiger partial charge in [-0.2, -0.15) is 0 Å². The van der Waals surface area contributed by atoms with Gasteiger partial charge in [-0.05, 0) is 30.2 Å². The van der Waals surface area contributed by atoms with Gasteiger partial charge in [0.15, 0.2) is 6.61 Å². The van der Waals surface area contributed by atoms with Crippen molar-refractivity contribution in [1.29, 1.82) is 0 Å². The molecule has 0 N–H and O–H groups in total. The monoisotopic (exact) mass is 472 g/mol. The maximum atomic E-state index is 13.0. The molecular weight excluding hydrogens is 448 g/mol. The summed E-state index contributed by atoms with van der Waals surface area (Å²) in [6.45, 7) is 3.38. The van der Waals surface area contributed by atoms with Crippen LogP contribution in [0.2, 0.25) is 0 Å². The summed E-state index contributed by atoms with van der Waals surface area (Å²) in [7, 11) is 0. The van der Waals surface area contributed by atoms with Crippen LogP contribution in [0.4, 0.5) is 5.69 Å². The molecule has 2 aliphatic rings. The summed E-state index contributed by atoms with van der Waals surface area (Å²) in [5, 5.41) is 0.425. The highest BCUT2D eigenvalue weighted by atomic mass is 32.2. The van der Waals surface area contributed by atoms with Gasteiger partial charge in [-0.1, -0.05) is 60.8 Å². The Hall–Kier alpha value is -1.90. The highest BCUT2D eigenvalue weighted by molar-refractivity contribution is 8.38. The van der Waals surface area contributed by atoms with Crippen LogP contribution in [-0.4, -0.2) is 47.0 Å². The molecule has 0 radical (unpaired) electrons. The molecule has 31 heavy (non-hydrogen) atoms. The summed E-state index contributed by atoms with van der Waals surface area (Å²) in [5.41, 5.74) is 2.29. The van der Waals surface area contributed by atoms with Crippen molar-refractivity contribution >= 4 is 57.2 Å². The predicted octanol–water partition coefficient (Wildman–Crippen LogP) is 5.10. The molecule has 5 nitrogen and oxygen atoms in total. The van der Waals surface area contributed by atoms with Crippen LogP contribution < -0.4 is 4.90 Å². The third-order valence-corrected chi connectivity index (χ3v) is 8.56. The van der Waals surface area contributed by atoms with E-state index < -0.39 is 5.97 Å². The van der Waals surface area contributed by atoms with Gasteiger partial charge >= 0.3 is 5.97 Å². The van der Waals surface area contributed by atoms with E-state index in [-0.39, 0.29) is 12.5 Å². The first kappa shape index (κ1) is 22.3. The van der Waals surface area contributed by atoms with Crippen LogP contribution in [0, 0.1) is 0 Å². The molecule has 0 saturated carbocycles. The number of anilines is 1. The minimum Gasteiger partial charge on any atom is -0.452 e. The van der Waals surface area contributed by atoms with Gasteiger partial charge in [-0.15, -0.1) is 11.8 Å². The highest BCUT2D eigenvalue weighted by Crippen LogP contribution is 2.37. The number of aliphatic imine (C=N–C) groups is 1. The molecule has 1 amide bonds. The zero-order chi connectivity index (χ0) is 21.6. The molecule has 0 bridgehead atoms. The fraction of sp³-hybridized carbons (Fsp3) is 0.348. The van der Waals surface area contributed by atoms with E-state index in [9.17, 15) is 9.59 Å².